The van der Waals surface area contributed by atoms with E-state index in [1.165, 1.54) is 15.5 Å². The molecule has 9 heteroatoms. The quantitative estimate of drug-likeness (QED) is 0.833. The summed E-state index contributed by atoms with van der Waals surface area (Å²) in [5.41, 5.74) is 1.01. The average Bonchev–Trinajstić information content (AvgIpc) is 2.66. The first-order valence-corrected chi connectivity index (χ1v) is 11.0. The van der Waals surface area contributed by atoms with Crippen molar-refractivity contribution >= 4 is 28.0 Å². The van der Waals surface area contributed by atoms with E-state index in [0.29, 0.717) is 45.2 Å². The Hall–Kier alpha value is -2.13. The highest BCUT2D eigenvalue weighted by molar-refractivity contribution is 7.88. The summed E-state index contributed by atoms with van der Waals surface area (Å²) in [6, 6.07) is 3.97. The first-order chi connectivity index (χ1) is 12.8. The summed E-state index contributed by atoms with van der Waals surface area (Å²) in [5.74, 6) is 1.25. The number of sulfonamides is 1. The van der Waals surface area contributed by atoms with E-state index < -0.39 is 16.1 Å². The van der Waals surface area contributed by atoms with Gasteiger partial charge in [0.05, 0.1) is 6.26 Å². The number of nitrogens with zero attached hydrogens (tertiary/aromatic N) is 4. The Morgan fingerprint density at radius 2 is 1.81 bits per heavy atom. The van der Waals surface area contributed by atoms with Gasteiger partial charge in [0.25, 0.3) is 0 Å². The van der Waals surface area contributed by atoms with Crippen LogP contribution in [0, 0.1) is 5.92 Å². The van der Waals surface area contributed by atoms with Crippen molar-refractivity contribution in [2.24, 2.45) is 5.92 Å². The topological polar surface area (TPSA) is 94.1 Å². The highest BCUT2D eigenvalue weighted by atomic mass is 32.2. The van der Waals surface area contributed by atoms with Gasteiger partial charge in [-0.25, -0.2) is 18.2 Å². The first kappa shape index (κ1) is 19.6. The van der Waals surface area contributed by atoms with E-state index >= 15 is 0 Å². The van der Waals surface area contributed by atoms with Crippen LogP contribution in [0.2, 0.25) is 0 Å². The smallest absolute Gasteiger partial charge is 0.407 e. The summed E-state index contributed by atoms with van der Waals surface area (Å²) in [4.78, 5) is 19.0. The number of piperidine rings is 1. The van der Waals surface area contributed by atoms with Crippen molar-refractivity contribution < 1.29 is 18.3 Å². The van der Waals surface area contributed by atoms with Crippen molar-refractivity contribution in [3.8, 4) is 0 Å². The number of likely N-dealkylation sites (tertiary alicyclic amines) is 1. The number of allylic oxidation sites excluding steroid dienone is 1. The van der Waals surface area contributed by atoms with E-state index in [9.17, 15) is 13.2 Å². The monoisotopic (exact) mass is 394 g/mol. The van der Waals surface area contributed by atoms with Crippen LogP contribution in [0.15, 0.2) is 24.4 Å². The van der Waals surface area contributed by atoms with Gasteiger partial charge in [0.1, 0.15) is 5.82 Å². The number of piperazine rings is 1. The zero-order valence-electron chi connectivity index (χ0n) is 15.5. The van der Waals surface area contributed by atoms with Crippen LogP contribution in [0.3, 0.4) is 0 Å². The zero-order chi connectivity index (χ0) is 19.4. The van der Waals surface area contributed by atoms with Gasteiger partial charge in [-0.2, -0.15) is 4.31 Å². The molecule has 0 unspecified atom stereocenters. The summed E-state index contributed by atoms with van der Waals surface area (Å²) in [5, 5.41) is 8.98. The second-order valence-electron chi connectivity index (χ2n) is 7.06. The highest BCUT2D eigenvalue weighted by Crippen LogP contribution is 2.20. The third-order valence-electron chi connectivity index (χ3n) is 5.17. The maximum Gasteiger partial charge on any atom is 0.407 e. The van der Waals surface area contributed by atoms with Crippen molar-refractivity contribution in [1.82, 2.24) is 14.2 Å². The third-order valence-corrected chi connectivity index (χ3v) is 6.48. The molecule has 148 valence electrons. The Kier molecular flexibility index (Phi) is 6.01. The van der Waals surface area contributed by atoms with Gasteiger partial charge in [-0.1, -0.05) is 12.2 Å². The minimum Gasteiger partial charge on any atom is -0.465 e. The van der Waals surface area contributed by atoms with Gasteiger partial charge in [0.15, 0.2) is 0 Å². The van der Waals surface area contributed by atoms with Crippen molar-refractivity contribution in [3.05, 3.63) is 30.0 Å². The molecule has 1 aromatic heterocycles. The normalized spacial score (nSPS) is 20.3. The average molecular weight is 394 g/mol. The molecule has 8 nitrogen and oxygen atoms in total. The predicted molar refractivity (Wildman–Crippen MR) is 104 cm³/mol. The SMILES string of the molecule is CS(=O)(=O)N1CCN(c2ccc(C=CC3CCN(C(=O)O)CC3)cn2)CC1. The molecule has 0 aliphatic carbocycles. The van der Waals surface area contributed by atoms with E-state index in [4.69, 9.17) is 5.11 Å². The molecule has 1 aromatic rings. The second-order valence-corrected chi connectivity index (χ2v) is 9.05. The molecule has 0 saturated carbocycles. The second kappa shape index (κ2) is 8.26. The molecule has 1 amide bonds. The molecule has 2 fully saturated rings. The maximum absolute atomic E-state index is 11.6. The van der Waals surface area contributed by atoms with Crippen LogP contribution in [0.4, 0.5) is 10.6 Å². The molecule has 0 bridgehead atoms. The third kappa shape index (κ3) is 5.20. The van der Waals surface area contributed by atoms with Crippen molar-refractivity contribution in [2.45, 2.75) is 12.8 Å². The lowest BCUT2D eigenvalue weighted by molar-refractivity contribution is 0.129. The fraction of sp³-hybridized carbons (Fsp3) is 0.556. The highest BCUT2D eigenvalue weighted by Gasteiger charge is 2.24. The Morgan fingerprint density at radius 3 is 2.33 bits per heavy atom. The Labute approximate surface area is 160 Å². The molecule has 27 heavy (non-hydrogen) atoms. The van der Waals surface area contributed by atoms with Gasteiger partial charge < -0.3 is 14.9 Å². The lowest BCUT2D eigenvalue weighted by atomic mass is 9.96. The number of hydrogen-bond donors (Lipinski definition) is 1. The molecule has 2 aliphatic rings. The number of hydrogen-bond acceptors (Lipinski definition) is 5. The van der Waals surface area contributed by atoms with Gasteiger partial charge in [-0.3, -0.25) is 0 Å². The zero-order valence-corrected chi connectivity index (χ0v) is 16.3. The number of carboxylic acid groups (broad SMARTS) is 1. The van der Waals surface area contributed by atoms with E-state index in [2.05, 4.69) is 16.0 Å². The van der Waals surface area contributed by atoms with Crippen LogP contribution in [0.5, 0.6) is 0 Å². The summed E-state index contributed by atoms with van der Waals surface area (Å²) < 4.78 is 24.7. The lowest BCUT2D eigenvalue weighted by Crippen LogP contribution is -2.48. The summed E-state index contributed by atoms with van der Waals surface area (Å²) in [6.45, 7) is 3.41. The molecule has 0 radical (unpaired) electrons. The van der Waals surface area contributed by atoms with Gasteiger partial charge in [-0.05, 0) is 36.5 Å². The molecule has 0 spiro atoms. The van der Waals surface area contributed by atoms with Crippen LogP contribution < -0.4 is 4.90 Å². The van der Waals surface area contributed by atoms with Gasteiger partial charge in [-0.15, -0.1) is 0 Å². The summed E-state index contributed by atoms with van der Waals surface area (Å²) >= 11 is 0. The first-order valence-electron chi connectivity index (χ1n) is 9.15. The molecular formula is C18H26N4O4S. The van der Waals surface area contributed by atoms with Crippen LogP contribution in [0.25, 0.3) is 6.08 Å². The van der Waals surface area contributed by atoms with Gasteiger partial charge in [0.2, 0.25) is 10.0 Å². The number of carbonyl (C=O) groups is 1. The summed E-state index contributed by atoms with van der Waals surface area (Å²) in [7, 11) is -3.12. The molecule has 3 heterocycles. The number of aromatic nitrogens is 1. The number of pyridine rings is 1. The Bertz CT molecular complexity index is 778. The van der Waals surface area contributed by atoms with E-state index in [1.54, 1.807) is 0 Å². The fourth-order valence-corrected chi connectivity index (χ4v) is 4.29. The standard InChI is InChI=1S/C18H26N4O4S/c1-27(25,26)22-12-10-20(11-13-22)17-5-4-16(14-19-17)3-2-15-6-8-21(9-7-15)18(23)24/h2-5,14-15H,6-13H2,1H3,(H,23,24). The van der Waals surface area contributed by atoms with Crippen LogP contribution in [-0.2, 0) is 10.0 Å². The molecule has 0 aromatic carbocycles. The minimum atomic E-state index is -3.12. The van der Waals surface area contributed by atoms with Gasteiger partial charge in [0, 0.05) is 45.5 Å². The minimum absolute atomic E-state index is 0.393. The van der Waals surface area contributed by atoms with E-state index in [1.807, 2.05) is 24.4 Å². The lowest BCUT2D eigenvalue weighted by Gasteiger charge is -2.33. The maximum atomic E-state index is 11.6. The molecule has 0 atom stereocenters. The summed E-state index contributed by atoms with van der Waals surface area (Å²) in [6.07, 6.45) is 8.10. The van der Waals surface area contributed by atoms with Gasteiger partial charge >= 0.3 is 6.09 Å². The number of amides is 1. The molecule has 2 aliphatic heterocycles. The molecule has 3 rings (SSSR count). The van der Waals surface area contributed by atoms with Crippen molar-refractivity contribution in [2.75, 3.05) is 50.4 Å². The van der Waals surface area contributed by atoms with Crippen LogP contribution in [-0.4, -0.2) is 79.3 Å². The predicted octanol–water partition coefficient (Wildman–Crippen LogP) is 1.57. The molecule has 1 N–H and O–H groups in total. The number of anilines is 1. The Morgan fingerprint density at radius 1 is 1.15 bits per heavy atom. The fourth-order valence-electron chi connectivity index (χ4n) is 3.46. The van der Waals surface area contributed by atoms with Crippen molar-refractivity contribution in [3.63, 3.8) is 0 Å². The van der Waals surface area contributed by atoms with E-state index in [0.717, 1.165) is 24.2 Å². The number of rotatable bonds is 4. The molecular weight excluding hydrogens is 368 g/mol. The largest absolute Gasteiger partial charge is 0.465 e. The molecule has 2 saturated heterocycles. The Balaban J connectivity index is 1.52. The van der Waals surface area contributed by atoms with E-state index in [-0.39, 0.29) is 0 Å². The van der Waals surface area contributed by atoms with Crippen LogP contribution in [0.1, 0.15) is 18.4 Å². The van der Waals surface area contributed by atoms with Crippen molar-refractivity contribution in [1.29, 1.82) is 0 Å². The van der Waals surface area contributed by atoms with Crippen LogP contribution >= 0.6 is 0 Å².